The predicted molar refractivity (Wildman–Crippen MR) is 71.6 cm³/mol. The van der Waals surface area contributed by atoms with Crippen molar-refractivity contribution in [1.82, 2.24) is 9.55 Å². The zero-order chi connectivity index (χ0) is 12.7. The first-order valence-electron chi connectivity index (χ1n) is 6.43. The van der Waals surface area contributed by atoms with Gasteiger partial charge in [0.05, 0.1) is 5.52 Å². The van der Waals surface area contributed by atoms with E-state index in [1.54, 1.807) is 6.07 Å². The Labute approximate surface area is 111 Å². The van der Waals surface area contributed by atoms with Gasteiger partial charge in [-0.2, -0.15) is 0 Å². The second-order valence-electron chi connectivity index (χ2n) is 5.02. The van der Waals surface area contributed by atoms with E-state index in [0.29, 0.717) is 29.8 Å². The number of nitrogens with zero attached hydrogens (tertiary/aromatic N) is 2. The van der Waals surface area contributed by atoms with Crippen molar-refractivity contribution in [2.75, 3.05) is 5.88 Å². The lowest BCUT2D eigenvalue weighted by Crippen LogP contribution is -2.11. The molecule has 4 heteroatoms. The number of imidazole rings is 1. The van der Waals surface area contributed by atoms with Crippen LogP contribution >= 0.6 is 11.6 Å². The van der Waals surface area contributed by atoms with Crippen LogP contribution in [0.1, 0.15) is 31.6 Å². The summed E-state index contributed by atoms with van der Waals surface area (Å²) >= 11 is 5.83. The van der Waals surface area contributed by atoms with E-state index < -0.39 is 0 Å². The Hall–Kier alpha value is -1.09. The fraction of sp³-hybridized carbons (Fsp3) is 0.500. The van der Waals surface area contributed by atoms with E-state index in [0.717, 1.165) is 11.3 Å². The quantitative estimate of drug-likeness (QED) is 0.767. The van der Waals surface area contributed by atoms with E-state index >= 15 is 0 Å². The molecule has 0 aliphatic heterocycles. The summed E-state index contributed by atoms with van der Waals surface area (Å²) in [7, 11) is 0. The molecule has 1 aromatic carbocycles. The summed E-state index contributed by atoms with van der Waals surface area (Å²) in [5.41, 5.74) is 1.37. The highest BCUT2D eigenvalue weighted by atomic mass is 35.5. The molecule has 1 aliphatic carbocycles. The molecule has 3 rings (SSSR count). The number of aromatic nitrogens is 2. The van der Waals surface area contributed by atoms with Crippen molar-refractivity contribution in [3.63, 3.8) is 0 Å². The minimum atomic E-state index is -0.245. The zero-order valence-electron chi connectivity index (χ0n) is 10.4. The molecule has 1 fully saturated rings. The Morgan fingerprint density at radius 2 is 2.28 bits per heavy atom. The van der Waals surface area contributed by atoms with Crippen molar-refractivity contribution in [3.8, 4) is 0 Å². The minimum Gasteiger partial charge on any atom is -0.325 e. The summed E-state index contributed by atoms with van der Waals surface area (Å²) in [5.74, 6) is 1.89. The van der Waals surface area contributed by atoms with Crippen molar-refractivity contribution in [1.29, 1.82) is 0 Å². The molecule has 1 heterocycles. The first-order chi connectivity index (χ1) is 8.72. The van der Waals surface area contributed by atoms with E-state index in [4.69, 9.17) is 11.6 Å². The highest BCUT2D eigenvalue weighted by Gasteiger charge is 2.31. The topological polar surface area (TPSA) is 17.8 Å². The molecule has 0 saturated heterocycles. The van der Waals surface area contributed by atoms with E-state index in [9.17, 15) is 4.39 Å². The van der Waals surface area contributed by atoms with Crippen LogP contribution in [0.3, 0.4) is 0 Å². The van der Waals surface area contributed by atoms with Gasteiger partial charge in [-0.1, -0.05) is 6.07 Å². The van der Waals surface area contributed by atoms with Crippen molar-refractivity contribution in [3.05, 3.63) is 29.8 Å². The SMILES string of the molecule is CC(C1CC1)n1c(CCCl)nc2c(F)cccc21. The Morgan fingerprint density at radius 1 is 1.50 bits per heavy atom. The number of para-hydroxylation sites is 1. The Bertz CT molecular complexity index is 574. The van der Waals surface area contributed by atoms with Gasteiger partial charge in [-0.25, -0.2) is 9.37 Å². The summed E-state index contributed by atoms with van der Waals surface area (Å²) in [5, 5.41) is 0. The van der Waals surface area contributed by atoms with Gasteiger partial charge in [-0.3, -0.25) is 0 Å². The number of hydrogen-bond donors (Lipinski definition) is 0. The van der Waals surface area contributed by atoms with Gasteiger partial charge in [0.1, 0.15) is 11.3 Å². The molecule has 18 heavy (non-hydrogen) atoms. The molecule has 1 saturated carbocycles. The molecule has 0 bridgehead atoms. The lowest BCUT2D eigenvalue weighted by molar-refractivity contribution is 0.482. The first-order valence-corrected chi connectivity index (χ1v) is 6.97. The standard InChI is InChI=1S/C14H16ClFN2/c1-9(10-5-6-10)18-12-4-2-3-11(16)14(12)17-13(18)7-8-15/h2-4,9-10H,5-8H2,1H3. The molecule has 0 spiro atoms. The van der Waals surface area contributed by atoms with Crippen LogP contribution < -0.4 is 0 Å². The number of halogens is 2. The number of fused-ring (bicyclic) bond motifs is 1. The first kappa shape index (κ1) is 12.0. The van der Waals surface area contributed by atoms with Crippen molar-refractivity contribution in [2.24, 2.45) is 5.92 Å². The molecule has 2 aromatic rings. The summed E-state index contributed by atoms with van der Waals surface area (Å²) in [6.45, 7) is 2.20. The maximum atomic E-state index is 13.8. The third-order valence-electron chi connectivity index (χ3n) is 3.77. The number of rotatable bonds is 4. The van der Waals surface area contributed by atoms with Gasteiger partial charge in [0.2, 0.25) is 0 Å². The van der Waals surface area contributed by atoms with E-state index in [1.165, 1.54) is 18.9 Å². The molecule has 1 aliphatic rings. The molecule has 2 nitrogen and oxygen atoms in total. The number of alkyl halides is 1. The molecule has 0 amide bonds. The highest BCUT2D eigenvalue weighted by Crippen LogP contribution is 2.41. The lowest BCUT2D eigenvalue weighted by Gasteiger charge is -2.16. The van der Waals surface area contributed by atoms with Crippen molar-refractivity contribution < 1.29 is 4.39 Å². The van der Waals surface area contributed by atoms with Gasteiger partial charge in [-0.05, 0) is 37.8 Å². The number of hydrogen-bond acceptors (Lipinski definition) is 1. The molecule has 1 aromatic heterocycles. The molecule has 1 unspecified atom stereocenters. The van der Waals surface area contributed by atoms with Crippen LogP contribution in [-0.4, -0.2) is 15.4 Å². The monoisotopic (exact) mass is 266 g/mol. The number of benzene rings is 1. The van der Waals surface area contributed by atoms with E-state index in [1.807, 2.05) is 6.07 Å². The van der Waals surface area contributed by atoms with Gasteiger partial charge in [0, 0.05) is 18.3 Å². The second-order valence-corrected chi connectivity index (χ2v) is 5.40. The van der Waals surface area contributed by atoms with Crippen LogP contribution in [0.2, 0.25) is 0 Å². The molecule has 1 atom stereocenters. The summed E-state index contributed by atoms with van der Waals surface area (Å²) in [6, 6.07) is 5.54. The van der Waals surface area contributed by atoms with E-state index in [2.05, 4.69) is 16.5 Å². The maximum absolute atomic E-state index is 13.8. The summed E-state index contributed by atoms with van der Waals surface area (Å²) < 4.78 is 16.0. The van der Waals surface area contributed by atoms with Gasteiger partial charge in [0.15, 0.2) is 5.82 Å². The van der Waals surface area contributed by atoms with Crippen LogP contribution in [0.4, 0.5) is 4.39 Å². The lowest BCUT2D eigenvalue weighted by atomic mass is 10.2. The normalized spacial score (nSPS) is 17.3. The third-order valence-corrected chi connectivity index (χ3v) is 3.96. The van der Waals surface area contributed by atoms with E-state index in [-0.39, 0.29) is 5.82 Å². The zero-order valence-corrected chi connectivity index (χ0v) is 11.1. The highest BCUT2D eigenvalue weighted by molar-refractivity contribution is 6.17. The van der Waals surface area contributed by atoms with Crippen LogP contribution in [0.15, 0.2) is 18.2 Å². The molecular formula is C14H16ClFN2. The van der Waals surface area contributed by atoms with Crippen molar-refractivity contribution >= 4 is 22.6 Å². The van der Waals surface area contributed by atoms with Gasteiger partial charge in [-0.15, -0.1) is 11.6 Å². The average molecular weight is 267 g/mol. The fourth-order valence-corrected chi connectivity index (χ4v) is 2.80. The predicted octanol–water partition coefficient (Wildman–Crippen LogP) is 3.93. The summed E-state index contributed by atoms with van der Waals surface area (Å²) in [4.78, 5) is 4.44. The average Bonchev–Trinajstić information content (AvgIpc) is 3.12. The van der Waals surface area contributed by atoms with Crippen LogP contribution in [-0.2, 0) is 6.42 Å². The Kier molecular flexibility index (Phi) is 3.02. The maximum Gasteiger partial charge on any atom is 0.151 e. The summed E-state index contributed by atoms with van der Waals surface area (Å²) in [6.07, 6.45) is 3.21. The molecule has 0 N–H and O–H groups in total. The Balaban J connectivity index is 2.17. The van der Waals surface area contributed by atoms with Crippen LogP contribution in [0.5, 0.6) is 0 Å². The second kappa shape index (κ2) is 4.54. The largest absolute Gasteiger partial charge is 0.325 e. The minimum absolute atomic E-state index is 0.245. The molecular weight excluding hydrogens is 251 g/mol. The third kappa shape index (κ3) is 1.91. The molecule has 96 valence electrons. The number of aryl methyl sites for hydroxylation is 1. The van der Waals surface area contributed by atoms with Crippen molar-refractivity contribution in [2.45, 2.75) is 32.2 Å². The smallest absolute Gasteiger partial charge is 0.151 e. The van der Waals surface area contributed by atoms with Gasteiger partial charge >= 0.3 is 0 Å². The fourth-order valence-electron chi connectivity index (χ4n) is 2.64. The Morgan fingerprint density at radius 3 is 2.94 bits per heavy atom. The molecule has 0 radical (unpaired) electrons. The van der Waals surface area contributed by atoms with Crippen LogP contribution in [0, 0.1) is 11.7 Å². The van der Waals surface area contributed by atoms with Gasteiger partial charge < -0.3 is 4.57 Å². The van der Waals surface area contributed by atoms with Gasteiger partial charge in [0.25, 0.3) is 0 Å². The van der Waals surface area contributed by atoms with Crippen LogP contribution in [0.25, 0.3) is 11.0 Å².